The zero-order valence-electron chi connectivity index (χ0n) is 14.7. The van der Waals surface area contributed by atoms with Gasteiger partial charge >= 0.3 is 0 Å². The molecule has 0 aromatic heterocycles. The molecule has 0 saturated carbocycles. The number of methoxy groups -OCH3 is 1. The number of para-hydroxylation sites is 1. The molecule has 0 atom stereocenters. The molecule has 0 spiro atoms. The third-order valence-electron chi connectivity index (χ3n) is 4.56. The normalized spacial score (nSPS) is 14.2. The molecule has 0 unspecified atom stereocenters. The number of ether oxygens (including phenoxy) is 1. The zero-order chi connectivity index (χ0) is 18.5. The predicted octanol–water partition coefficient (Wildman–Crippen LogP) is 2.88. The fraction of sp³-hybridized carbons (Fsp3) is 0.300. The van der Waals surface area contributed by atoms with E-state index in [0.29, 0.717) is 48.9 Å². The molecule has 26 heavy (non-hydrogen) atoms. The topological polar surface area (TPSA) is 49.9 Å². The molecule has 1 aliphatic heterocycles. The number of halogens is 1. The first-order valence-corrected chi connectivity index (χ1v) is 8.91. The number of amides is 2. The lowest BCUT2D eigenvalue weighted by Gasteiger charge is -2.35. The molecule has 2 aromatic rings. The van der Waals surface area contributed by atoms with Crippen LogP contribution < -0.4 is 4.74 Å². The summed E-state index contributed by atoms with van der Waals surface area (Å²) in [4.78, 5) is 28.7. The van der Waals surface area contributed by atoms with Crippen LogP contribution in [-0.2, 0) is 11.2 Å². The summed E-state index contributed by atoms with van der Waals surface area (Å²) in [5.74, 6) is 0.667. The average Bonchev–Trinajstić information content (AvgIpc) is 2.68. The van der Waals surface area contributed by atoms with Crippen LogP contribution in [0.4, 0.5) is 0 Å². The van der Waals surface area contributed by atoms with E-state index < -0.39 is 0 Å². The lowest BCUT2D eigenvalue weighted by Crippen LogP contribution is -2.51. The maximum atomic E-state index is 12.6. The summed E-state index contributed by atoms with van der Waals surface area (Å²) in [5, 5.41) is 0.451. The molecular formula is C20H21ClN2O3. The van der Waals surface area contributed by atoms with Gasteiger partial charge < -0.3 is 14.5 Å². The number of piperazine rings is 1. The van der Waals surface area contributed by atoms with Crippen LogP contribution in [0.5, 0.6) is 5.75 Å². The SMILES string of the molecule is COc1ccccc1CC(=O)N1CCN(C(=O)c2ccccc2Cl)CC1. The number of carbonyl (C=O) groups is 2. The van der Waals surface area contributed by atoms with Crippen molar-refractivity contribution < 1.29 is 14.3 Å². The van der Waals surface area contributed by atoms with Crippen LogP contribution in [0, 0.1) is 0 Å². The van der Waals surface area contributed by atoms with E-state index in [1.807, 2.05) is 24.3 Å². The summed E-state index contributed by atoms with van der Waals surface area (Å²) < 4.78 is 5.31. The van der Waals surface area contributed by atoms with Crippen molar-refractivity contribution in [3.8, 4) is 5.75 Å². The van der Waals surface area contributed by atoms with E-state index in [2.05, 4.69) is 0 Å². The van der Waals surface area contributed by atoms with Gasteiger partial charge in [-0.2, -0.15) is 0 Å². The third-order valence-corrected chi connectivity index (χ3v) is 4.89. The number of nitrogens with zero attached hydrogens (tertiary/aromatic N) is 2. The van der Waals surface area contributed by atoms with Gasteiger partial charge in [0, 0.05) is 31.7 Å². The van der Waals surface area contributed by atoms with Crippen LogP contribution in [-0.4, -0.2) is 54.9 Å². The summed E-state index contributed by atoms with van der Waals surface area (Å²) in [6.45, 7) is 2.04. The highest BCUT2D eigenvalue weighted by atomic mass is 35.5. The Labute approximate surface area is 158 Å². The fourth-order valence-corrected chi connectivity index (χ4v) is 3.30. The van der Waals surface area contributed by atoms with Gasteiger partial charge in [-0.05, 0) is 18.2 Å². The quantitative estimate of drug-likeness (QED) is 0.829. The van der Waals surface area contributed by atoms with Crippen molar-refractivity contribution in [1.29, 1.82) is 0 Å². The van der Waals surface area contributed by atoms with Gasteiger partial charge in [0.2, 0.25) is 5.91 Å². The van der Waals surface area contributed by atoms with Gasteiger partial charge in [0.05, 0.1) is 24.1 Å². The molecule has 1 saturated heterocycles. The van der Waals surface area contributed by atoms with Crippen molar-refractivity contribution in [3.05, 3.63) is 64.7 Å². The monoisotopic (exact) mass is 372 g/mol. The third kappa shape index (κ3) is 3.99. The van der Waals surface area contributed by atoms with Crippen LogP contribution in [0.25, 0.3) is 0 Å². The average molecular weight is 373 g/mol. The maximum Gasteiger partial charge on any atom is 0.255 e. The van der Waals surface area contributed by atoms with E-state index in [-0.39, 0.29) is 11.8 Å². The first kappa shape index (κ1) is 18.3. The Morgan fingerprint density at radius 1 is 0.962 bits per heavy atom. The van der Waals surface area contributed by atoms with Crippen molar-refractivity contribution in [2.24, 2.45) is 0 Å². The minimum Gasteiger partial charge on any atom is -0.496 e. The maximum absolute atomic E-state index is 12.6. The largest absolute Gasteiger partial charge is 0.496 e. The van der Waals surface area contributed by atoms with E-state index in [4.69, 9.17) is 16.3 Å². The second-order valence-electron chi connectivity index (χ2n) is 6.14. The van der Waals surface area contributed by atoms with Gasteiger partial charge in [0.25, 0.3) is 5.91 Å². The van der Waals surface area contributed by atoms with Crippen LogP contribution in [0.3, 0.4) is 0 Å². The van der Waals surface area contributed by atoms with Gasteiger partial charge in [-0.15, -0.1) is 0 Å². The number of rotatable bonds is 4. The Bertz CT molecular complexity index is 801. The lowest BCUT2D eigenvalue weighted by molar-refractivity contribution is -0.131. The van der Waals surface area contributed by atoms with Gasteiger partial charge in [-0.1, -0.05) is 41.9 Å². The number of benzene rings is 2. The van der Waals surface area contributed by atoms with Crippen molar-refractivity contribution in [3.63, 3.8) is 0 Å². The van der Waals surface area contributed by atoms with Gasteiger partial charge in [0.15, 0.2) is 0 Å². The van der Waals surface area contributed by atoms with Gasteiger partial charge in [0.1, 0.15) is 5.75 Å². The van der Waals surface area contributed by atoms with Crippen LogP contribution in [0.15, 0.2) is 48.5 Å². The second kappa shape index (κ2) is 8.23. The Morgan fingerprint density at radius 2 is 1.58 bits per heavy atom. The Kier molecular flexibility index (Phi) is 5.78. The second-order valence-corrected chi connectivity index (χ2v) is 6.55. The zero-order valence-corrected chi connectivity index (χ0v) is 15.4. The molecule has 1 aliphatic rings. The predicted molar refractivity (Wildman–Crippen MR) is 101 cm³/mol. The summed E-state index contributed by atoms with van der Waals surface area (Å²) in [6, 6.07) is 14.6. The molecule has 5 nitrogen and oxygen atoms in total. The molecule has 136 valence electrons. The number of carbonyl (C=O) groups excluding carboxylic acids is 2. The molecule has 2 amide bonds. The highest BCUT2D eigenvalue weighted by Crippen LogP contribution is 2.20. The van der Waals surface area contributed by atoms with E-state index >= 15 is 0 Å². The van der Waals surface area contributed by atoms with Crippen molar-refractivity contribution >= 4 is 23.4 Å². The molecule has 1 heterocycles. The smallest absolute Gasteiger partial charge is 0.255 e. The van der Waals surface area contributed by atoms with Crippen LogP contribution in [0.2, 0.25) is 5.02 Å². The molecular weight excluding hydrogens is 352 g/mol. The summed E-state index contributed by atoms with van der Waals surface area (Å²) in [7, 11) is 1.60. The van der Waals surface area contributed by atoms with E-state index in [1.165, 1.54) is 0 Å². The first-order chi connectivity index (χ1) is 12.6. The first-order valence-electron chi connectivity index (χ1n) is 8.53. The molecule has 1 fully saturated rings. The highest BCUT2D eigenvalue weighted by Gasteiger charge is 2.26. The minimum absolute atomic E-state index is 0.0411. The van der Waals surface area contributed by atoms with Gasteiger partial charge in [-0.3, -0.25) is 9.59 Å². The summed E-state index contributed by atoms with van der Waals surface area (Å²) in [6.07, 6.45) is 0.294. The molecule has 0 radical (unpaired) electrons. The molecule has 6 heteroatoms. The number of hydrogen-bond acceptors (Lipinski definition) is 3. The van der Waals surface area contributed by atoms with E-state index in [0.717, 1.165) is 5.56 Å². The Hall–Kier alpha value is -2.53. The standard InChI is InChI=1S/C20H21ClN2O3/c1-26-18-9-5-2-6-15(18)14-19(24)22-10-12-23(13-11-22)20(25)16-7-3-4-8-17(16)21/h2-9H,10-14H2,1H3. The van der Waals surface area contributed by atoms with Crippen molar-refractivity contribution in [2.45, 2.75) is 6.42 Å². The Balaban J connectivity index is 1.59. The lowest BCUT2D eigenvalue weighted by atomic mass is 10.1. The molecule has 0 aliphatic carbocycles. The summed E-state index contributed by atoms with van der Waals surface area (Å²) in [5.41, 5.74) is 1.37. The molecule has 3 rings (SSSR count). The van der Waals surface area contributed by atoms with Gasteiger partial charge in [-0.25, -0.2) is 0 Å². The molecule has 0 bridgehead atoms. The fourth-order valence-electron chi connectivity index (χ4n) is 3.09. The minimum atomic E-state index is -0.0903. The van der Waals surface area contributed by atoms with Crippen molar-refractivity contribution in [1.82, 2.24) is 9.80 Å². The van der Waals surface area contributed by atoms with E-state index in [9.17, 15) is 9.59 Å². The van der Waals surface area contributed by atoms with Crippen LogP contribution >= 0.6 is 11.6 Å². The molecule has 2 aromatic carbocycles. The summed E-state index contributed by atoms with van der Waals surface area (Å²) >= 11 is 6.11. The van der Waals surface area contributed by atoms with Crippen molar-refractivity contribution in [2.75, 3.05) is 33.3 Å². The van der Waals surface area contributed by atoms with E-state index in [1.54, 1.807) is 41.2 Å². The Morgan fingerprint density at radius 3 is 2.27 bits per heavy atom. The molecule has 0 N–H and O–H groups in total. The number of hydrogen-bond donors (Lipinski definition) is 0. The van der Waals surface area contributed by atoms with Crippen LogP contribution in [0.1, 0.15) is 15.9 Å². The highest BCUT2D eigenvalue weighted by molar-refractivity contribution is 6.33.